The summed E-state index contributed by atoms with van der Waals surface area (Å²) in [6.45, 7) is 4.01. The first-order valence-electron chi connectivity index (χ1n) is 4.32. The van der Waals surface area contributed by atoms with Crippen molar-refractivity contribution in [1.82, 2.24) is 4.90 Å². The van der Waals surface area contributed by atoms with E-state index >= 15 is 0 Å². The van der Waals surface area contributed by atoms with Crippen molar-refractivity contribution < 1.29 is 0 Å². The Labute approximate surface area is 62.4 Å². The molecule has 0 spiro atoms. The fourth-order valence-electron chi connectivity index (χ4n) is 1.87. The molecule has 1 aliphatic heterocycles. The highest BCUT2D eigenvalue weighted by Gasteiger charge is 2.28. The molecule has 0 atom stereocenters. The van der Waals surface area contributed by atoms with Crippen LogP contribution in [0.2, 0.25) is 0 Å². The molecule has 1 heterocycles. The van der Waals surface area contributed by atoms with Gasteiger partial charge in [0, 0.05) is 12.6 Å². The van der Waals surface area contributed by atoms with E-state index in [1.165, 1.54) is 38.9 Å². The van der Waals surface area contributed by atoms with Gasteiger partial charge in [0.15, 0.2) is 0 Å². The molecule has 2 rings (SSSR count). The van der Waals surface area contributed by atoms with Crippen LogP contribution in [0, 0.1) is 5.92 Å². The van der Waals surface area contributed by atoms with Gasteiger partial charge in [-0.25, -0.2) is 0 Å². The quantitative estimate of drug-likeness (QED) is 0.602. The summed E-state index contributed by atoms with van der Waals surface area (Å²) in [5.41, 5.74) is 5.69. The average molecular weight is 140 g/mol. The van der Waals surface area contributed by atoms with Crippen LogP contribution in [-0.4, -0.2) is 30.6 Å². The first kappa shape index (κ1) is 6.62. The van der Waals surface area contributed by atoms with Crippen LogP contribution >= 0.6 is 0 Å². The molecule has 2 aliphatic rings. The Morgan fingerprint density at radius 2 is 2.00 bits per heavy atom. The Morgan fingerprint density at radius 3 is 2.40 bits per heavy atom. The minimum Gasteiger partial charge on any atom is -0.328 e. The molecule has 1 aliphatic carbocycles. The molecular formula is C8H16N2. The van der Waals surface area contributed by atoms with Crippen molar-refractivity contribution in [3.8, 4) is 0 Å². The lowest BCUT2D eigenvalue weighted by molar-refractivity contribution is 0.110. The molecule has 1 saturated heterocycles. The summed E-state index contributed by atoms with van der Waals surface area (Å²) in [5, 5.41) is 0. The number of rotatable bonds is 2. The highest BCUT2D eigenvalue weighted by Crippen LogP contribution is 2.27. The first-order valence-corrected chi connectivity index (χ1v) is 4.32. The van der Waals surface area contributed by atoms with Crippen LogP contribution in [0.5, 0.6) is 0 Å². The van der Waals surface area contributed by atoms with Gasteiger partial charge in [-0.2, -0.15) is 0 Å². The molecule has 2 heteroatoms. The number of hydrogen-bond donors (Lipinski definition) is 1. The molecule has 0 aromatic heterocycles. The molecule has 0 aromatic carbocycles. The lowest BCUT2D eigenvalue weighted by atomic mass is 9.80. The minimum atomic E-state index is 0.534. The van der Waals surface area contributed by atoms with Gasteiger partial charge in [-0.15, -0.1) is 0 Å². The third-order valence-electron chi connectivity index (χ3n) is 2.74. The highest BCUT2D eigenvalue weighted by atomic mass is 15.2. The molecular weight excluding hydrogens is 124 g/mol. The van der Waals surface area contributed by atoms with Crippen molar-refractivity contribution in [1.29, 1.82) is 0 Å². The van der Waals surface area contributed by atoms with Gasteiger partial charge < -0.3 is 10.6 Å². The fraction of sp³-hybridized carbons (Fsp3) is 1.00. The van der Waals surface area contributed by atoms with Crippen molar-refractivity contribution in [2.24, 2.45) is 11.7 Å². The Hall–Kier alpha value is -0.0800. The van der Waals surface area contributed by atoms with Gasteiger partial charge in [-0.1, -0.05) is 0 Å². The Balaban J connectivity index is 1.62. The summed E-state index contributed by atoms with van der Waals surface area (Å²) < 4.78 is 0. The van der Waals surface area contributed by atoms with E-state index in [4.69, 9.17) is 5.73 Å². The van der Waals surface area contributed by atoms with Crippen LogP contribution in [0.4, 0.5) is 0 Å². The van der Waals surface area contributed by atoms with Crippen LogP contribution in [0.1, 0.15) is 19.3 Å². The van der Waals surface area contributed by atoms with Crippen molar-refractivity contribution in [2.75, 3.05) is 19.6 Å². The Bertz CT molecular complexity index is 114. The largest absolute Gasteiger partial charge is 0.328 e. The zero-order chi connectivity index (χ0) is 6.97. The van der Waals surface area contributed by atoms with Gasteiger partial charge in [0.05, 0.1) is 0 Å². The summed E-state index contributed by atoms with van der Waals surface area (Å²) in [4.78, 5) is 2.54. The van der Waals surface area contributed by atoms with Crippen LogP contribution in [0.3, 0.4) is 0 Å². The third-order valence-corrected chi connectivity index (χ3v) is 2.74. The minimum absolute atomic E-state index is 0.534. The van der Waals surface area contributed by atoms with E-state index in [0.717, 1.165) is 5.92 Å². The summed E-state index contributed by atoms with van der Waals surface area (Å²) in [6, 6.07) is 0.534. The monoisotopic (exact) mass is 140 g/mol. The molecule has 58 valence electrons. The summed E-state index contributed by atoms with van der Waals surface area (Å²) in [7, 11) is 0. The van der Waals surface area contributed by atoms with Gasteiger partial charge in [0.1, 0.15) is 0 Å². The number of nitrogens with two attached hydrogens (primary N) is 1. The van der Waals surface area contributed by atoms with E-state index in [2.05, 4.69) is 4.90 Å². The topological polar surface area (TPSA) is 29.3 Å². The molecule has 0 aromatic rings. The maximum Gasteiger partial charge on any atom is 0.00450 e. The third kappa shape index (κ3) is 1.18. The normalized spacial score (nSPS) is 40.5. The predicted octanol–water partition coefficient (Wildman–Crippen LogP) is 0.429. The standard InChI is InChI=1S/C8H16N2/c9-8-4-7(5-8)6-10-2-1-3-10/h7-8H,1-6,9H2. The fourth-order valence-corrected chi connectivity index (χ4v) is 1.87. The van der Waals surface area contributed by atoms with Crippen molar-refractivity contribution >= 4 is 0 Å². The van der Waals surface area contributed by atoms with E-state index in [-0.39, 0.29) is 0 Å². The van der Waals surface area contributed by atoms with E-state index in [1.807, 2.05) is 0 Å². The smallest absolute Gasteiger partial charge is 0.00450 e. The molecule has 1 saturated carbocycles. The maximum absolute atomic E-state index is 5.69. The van der Waals surface area contributed by atoms with Crippen LogP contribution < -0.4 is 5.73 Å². The molecule has 0 unspecified atom stereocenters. The zero-order valence-electron chi connectivity index (χ0n) is 6.42. The van der Waals surface area contributed by atoms with Crippen LogP contribution in [0.15, 0.2) is 0 Å². The van der Waals surface area contributed by atoms with Crippen LogP contribution in [0.25, 0.3) is 0 Å². The molecule has 2 N–H and O–H groups in total. The zero-order valence-corrected chi connectivity index (χ0v) is 6.42. The van der Waals surface area contributed by atoms with Crippen molar-refractivity contribution in [2.45, 2.75) is 25.3 Å². The molecule has 0 bridgehead atoms. The number of hydrogen-bond acceptors (Lipinski definition) is 2. The molecule has 2 nitrogen and oxygen atoms in total. The maximum atomic E-state index is 5.69. The second-order valence-corrected chi connectivity index (χ2v) is 3.75. The second kappa shape index (κ2) is 2.51. The molecule has 0 amide bonds. The molecule has 10 heavy (non-hydrogen) atoms. The summed E-state index contributed by atoms with van der Waals surface area (Å²) >= 11 is 0. The van der Waals surface area contributed by atoms with E-state index < -0.39 is 0 Å². The number of nitrogens with zero attached hydrogens (tertiary/aromatic N) is 1. The summed E-state index contributed by atoms with van der Waals surface area (Å²) in [5.74, 6) is 0.940. The Morgan fingerprint density at radius 1 is 1.30 bits per heavy atom. The SMILES string of the molecule is NC1CC(CN2CCC2)C1. The lowest BCUT2D eigenvalue weighted by Gasteiger charge is -2.40. The van der Waals surface area contributed by atoms with Crippen molar-refractivity contribution in [3.63, 3.8) is 0 Å². The average Bonchev–Trinajstić information content (AvgIpc) is 1.72. The summed E-state index contributed by atoms with van der Waals surface area (Å²) in [6.07, 6.45) is 3.96. The Kier molecular flexibility index (Phi) is 1.66. The lowest BCUT2D eigenvalue weighted by Crippen LogP contribution is -2.46. The van der Waals surface area contributed by atoms with Gasteiger partial charge in [-0.3, -0.25) is 0 Å². The van der Waals surface area contributed by atoms with Gasteiger partial charge >= 0.3 is 0 Å². The molecule has 2 fully saturated rings. The van der Waals surface area contributed by atoms with Gasteiger partial charge in [0.2, 0.25) is 0 Å². The van der Waals surface area contributed by atoms with E-state index in [9.17, 15) is 0 Å². The van der Waals surface area contributed by atoms with Crippen LogP contribution in [-0.2, 0) is 0 Å². The van der Waals surface area contributed by atoms with E-state index in [1.54, 1.807) is 0 Å². The number of likely N-dealkylation sites (tertiary alicyclic amines) is 1. The van der Waals surface area contributed by atoms with Gasteiger partial charge in [-0.05, 0) is 38.3 Å². The van der Waals surface area contributed by atoms with Crippen molar-refractivity contribution in [3.05, 3.63) is 0 Å². The molecule has 0 radical (unpaired) electrons. The van der Waals surface area contributed by atoms with E-state index in [0.29, 0.717) is 6.04 Å². The first-order chi connectivity index (χ1) is 4.84. The van der Waals surface area contributed by atoms with Gasteiger partial charge in [0.25, 0.3) is 0 Å². The predicted molar refractivity (Wildman–Crippen MR) is 41.8 cm³/mol. The second-order valence-electron chi connectivity index (χ2n) is 3.75. The highest BCUT2D eigenvalue weighted by molar-refractivity contribution is 4.85.